The second kappa shape index (κ2) is 5.09. The molecule has 0 aliphatic rings. The van der Waals surface area contributed by atoms with Gasteiger partial charge in [0.25, 0.3) is 0 Å². The maximum Gasteiger partial charge on any atom is 0.110 e. The fourth-order valence-corrected chi connectivity index (χ4v) is 2.65. The average Bonchev–Trinajstić information content (AvgIpc) is 2.93. The number of pyridine rings is 1. The molecule has 0 amide bonds. The van der Waals surface area contributed by atoms with Gasteiger partial charge < -0.3 is 5.32 Å². The highest BCUT2D eigenvalue weighted by atomic mass is 32.1. The zero-order chi connectivity index (χ0) is 13.1. The molecule has 0 spiro atoms. The smallest absolute Gasteiger partial charge is 0.110 e. The van der Waals surface area contributed by atoms with Gasteiger partial charge in [-0.3, -0.25) is 4.98 Å². The molecule has 1 aromatic carbocycles. The van der Waals surface area contributed by atoms with Crippen LogP contribution in [-0.4, -0.2) is 4.98 Å². The second-order valence-electron chi connectivity index (χ2n) is 4.14. The lowest BCUT2D eigenvalue weighted by Gasteiger charge is -2.05. The molecule has 0 radical (unpaired) electrons. The van der Waals surface area contributed by atoms with Crippen LogP contribution >= 0.6 is 11.3 Å². The highest BCUT2D eigenvalue weighted by Crippen LogP contribution is 2.20. The van der Waals surface area contributed by atoms with Crippen LogP contribution in [-0.2, 0) is 6.54 Å². The first-order valence-corrected chi connectivity index (χ1v) is 6.74. The molecule has 0 bridgehead atoms. The number of aromatic nitrogens is 1. The van der Waals surface area contributed by atoms with Gasteiger partial charge in [0.15, 0.2) is 0 Å². The first-order chi connectivity index (χ1) is 9.35. The minimum Gasteiger partial charge on any atom is -0.380 e. The number of nitriles is 1. The standard InChI is InChI=1S/C15H11N3S/c16-9-13-4-5-14(19-13)10-18-12-3-6-15-11(8-12)2-1-7-17-15/h1-8,18H,10H2. The maximum atomic E-state index is 8.79. The van der Waals surface area contributed by atoms with Crippen LogP contribution in [0.1, 0.15) is 9.75 Å². The Kier molecular flexibility index (Phi) is 3.13. The molecule has 0 saturated carbocycles. The highest BCUT2D eigenvalue weighted by molar-refractivity contribution is 7.12. The summed E-state index contributed by atoms with van der Waals surface area (Å²) in [5.41, 5.74) is 2.06. The Morgan fingerprint density at radius 1 is 1.21 bits per heavy atom. The normalized spacial score (nSPS) is 10.3. The Morgan fingerprint density at radius 2 is 2.16 bits per heavy atom. The molecule has 3 rings (SSSR count). The quantitative estimate of drug-likeness (QED) is 0.784. The predicted octanol–water partition coefficient (Wildman–Crippen LogP) is 3.78. The third-order valence-electron chi connectivity index (χ3n) is 2.84. The van der Waals surface area contributed by atoms with E-state index in [2.05, 4.69) is 22.4 Å². The van der Waals surface area contributed by atoms with Crippen LogP contribution in [0.25, 0.3) is 10.9 Å². The van der Waals surface area contributed by atoms with Crippen molar-refractivity contribution in [2.45, 2.75) is 6.54 Å². The number of hydrogen-bond acceptors (Lipinski definition) is 4. The lowest BCUT2D eigenvalue weighted by atomic mass is 10.2. The van der Waals surface area contributed by atoms with Crippen LogP contribution in [0.3, 0.4) is 0 Å². The van der Waals surface area contributed by atoms with Gasteiger partial charge in [-0.15, -0.1) is 11.3 Å². The summed E-state index contributed by atoms with van der Waals surface area (Å²) in [5, 5.41) is 13.3. The van der Waals surface area contributed by atoms with Gasteiger partial charge in [-0.1, -0.05) is 6.07 Å². The van der Waals surface area contributed by atoms with Gasteiger partial charge in [0.05, 0.1) is 5.52 Å². The monoisotopic (exact) mass is 265 g/mol. The van der Waals surface area contributed by atoms with Gasteiger partial charge in [0, 0.05) is 28.7 Å². The van der Waals surface area contributed by atoms with Crippen molar-refractivity contribution >= 4 is 27.9 Å². The van der Waals surface area contributed by atoms with Crippen molar-refractivity contribution in [2.24, 2.45) is 0 Å². The van der Waals surface area contributed by atoms with Crippen LogP contribution in [0.4, 0.5) is 5.69 Å². The lowest BCUT2D eigenvalue weighted by Crippen LogP contribution is -1.97. The van der Waals surface area contributed by atoms with Crippen molar-refractivity contribution in [3.05, 3.63) is 58.4 Å². The third-order valence-corrected chi connectivity index (χ3v) is 3.83. The number of hydrogen-bond donors (Lipinski definition) is 1. The summed E-state index contributed by atoms with van der Waals surface area (Å²) in [5.74, 6) is 0. The van der Waals surface area contributed by atoms with Crippen LogP contribution < -0.4 is 5.32 Å². The minimum absolute atomic E-state index is 0.734. The van der Waals surface area contributed by atoms with E-state index in [-0.39, 0.29) is 0 Å². The summed E-state index contributed by atoms with van der Waals surface area (Å²) in [7, 11) is 0. The van der Waals surface area contributed by atoms with Crippen molar-refractivity contribution in [2.75, 3.05) is 5.32 Å². The van der Waals surface area contributed by atoms with Crippen molar-refractivity contribution < 1.29 is 0 Å². The Labute approximate surface area is 115 Å². The third kappa shape index (κ3) is 2.56. The largest absolute Gasteiger partial charge is 0.380 e. The van der Waals surface area contributed by atoms with Gasteiger partial charge in [-0.05, 0) is 36.4 Å². The van der Waals surface area contributed by atoms with Gasteiger partial charge in [0.2, 0.25) is 0 Å². The molecular weight excluding hydrogens is 254 g/mol. The summed E-state index contributed by atoms with van der Waals surface area (Å²) in [4.78, 5) is 6.20. The maximum absolute atomic E-state index is 8.79. The van der Waals surface area contributed by atoms with E-state index in [1.54, 1.807) is 6.20 Å². The fourth-order valence-electron chi connectivity index (χ4n) is 1.91. The van der Waals surface area contributed by atoms with Gasteiger partial charge in [-0.2, -0.15) is 5.26 Å². The predicted molar refractivity (Wildman–Crippen MR) is 78.1 cm³/mol. The molecule has 4 heteroatoms. The zero-order valence-electron chi connectivity index (χ0n) is 10.1. The van der Waals surface area contributed by atoms with Crippen LogP contribution in [0.5, 0.6) is 0 Å². The molecular formula is C15H11N3S. The molecule has 0 unspecified atom stereocenters. The number of nitrogens with one attached hydrogen (secondary N) is 1. The second-order valence-corrected chi connectivity index (χ2v) is 5.31. The number of fused-ring (bicyclic) bond motifs is 1. The molecule has 3 aromatic rings. The van der Waals surface area contributed by atoms with E-state index in [4.69, 9.17) is 5.26 Å². The van der Waals surface area contributed by atoms with Gasteiger partial charge >= 0.3 is 0 Å². The number of rotatable bonds is 3. The lowest BCUT2D eigenvalue weighted by molar-refractivity contribution is 1.19. The Hall–Kier alpha value is -2.38. The Bertz CT molecular complexity index is 755. The molecule has 92 valence electrons. The summed E-state index contributed by atoms with van der Waals surface area (Å²) in [6, 6.07) is 16.1. The average molecular weight is 265 g/mol. The molecule has 1 N–H and O–H groups in total. The van der Waals surface area contributed by atoms with E-state index < -0.39 is 0 Å². The fraction of sp³-hybridized carbons (Fsp3) is 0.0667. The zero-order valence-corrected chi connectivity index (χ0v) is 10.9. The van der Waals surface area contributed by atoms with E-state index in [1.165, 1.54) is 11.3 Å². The molecule has 0 aliphatic carbocycles. The number of benzene rings is 1. The Morgan fingerprint density at radius 3 is 3.00 bits per heavy atom. The molecule has 0 atom stereocenters. The van der Waals surface area contributed by atoms with E-state index in [0.29, 0.717) is 0 Å². The first-order valence-electron chi connectivity index (χ1n) is 5.92. The summed E-state index contributed by atoms with van der Waals surface area (Å²) >= 11 is 1.52. The molecule has 0 aliphatic heterocycles. The molecule has 2 aromatic heterocycles. The van der Waals surface area contributed by atoms with E-state index in [9.17, 15) is 0 Å². The van der Waals surface area contributed by atoms with E-state index in [0.717, 1.165) is 32.9 Å². The topological polar surface area (TPSA) is 48.7 Å². The van der Waals surface area contributed by atoms with Gasteiger partial charge in [-0.25, -0.2) is 0 Å². The summed E-state index contributed by atoms with van der Waals surface area (Å²) in [6.07, 6.45) is 1.80. The minimum atomic E-state index is 0.734. The van der Waals surface area contributed by atoms with Crippen molar-refractivity contribution in [3.63, 3.8) is 0 Å². The summed E-state index contributed by atoms with van der Waals surface area (Å²) in [6.45, 7) is 0.734. The van der Waals surface area contributed by atoms with Crippen molar-refractivity contribution in [1.82, 2.24) is 4.98 Å². The van der Waals surface area contributed by atoms with E-state index >= 15 is 0 Å². The van der Waals surface area contributed by atoms with Crippen molar-refractivity contribution in [3.8, 4) is 6.07 Å². The van der Waals surface area contributed by atoms with Gasteiger partial charge in [0.1, 0.15) is 10.9 Å². The number of nitrogens with zero attached hydrogens (tertiary/aromatic N) is 2. The van der Waals surface area contributed by atoms with Crippen molar-refractivity contribution in [1.29, 1.82) is 5.26 Å². The van der Waals surface area contributed by atoms with Crippen LogP contribution in [0, 0.1) is 11.3 Å². The van der Waals surface area contributed by atoms with E-state index in [1.807, 2.05) is 36.4 Å². The molecule has 0 saturated heterocycles. The first kappa shape index (κ1) is 11.7. The van der Waals surface area contributed by atoms with Crippen LogP contribution in [0.15, 0.2) is 48.7 Å². The molecule has 2 heterocycles. The molecule has 0 fully saturated rings. The molecule has 19 heavy (non-hydrogen) atoms. The number of anilines is 1. The van der Waals surface area contributed by atoms with Crippen LogP contribution in [0.2, 0.25) is 0 Å². The summed E-state index contributed by atoms with van der Waals surface area (Å²) < 4.78 is 0. The molecule has 3 nitrogen and oxygen atoms in total. The number of thiophene rings is 1. The highest BCUT2D eigenvalue weighted by Gasteiger charge is 2.00. The SMILES string of the molecule is N#Cc1ccc(CNc2ccc3ncccc3c2)s1. The Balaban J connectivity index is 1.76.